The Morgan fingerprint density at radius 2 is 1.62 bits per heavy atom. The third-order valence-corrected chi connectivity index (χ3v) is 0. The van der Waals surface area contributed by atoms with Crippen LogP contribution < -0.4 is 0 Å². The van der Waals surface area contributed by atoms with E-state index in [1.54, 1.807) is 0 Å². The smallest absolute Gasteiger partial charge is 0.542 e. The first-order valence-electron chi connectivity index (χ1n) is 1.76. The van der Waals surface area contributed by atoms with Crippen LogP contribution in [-0.4, -0.2) is 12.1 Å². The first-order valence-corrected chi connectivity index (χ1v) is 1.76. The Hall–Kier alpha value is -0.167. The molecule has 2 nitrogen and oxygen atoms in total. The molecule has 49 valence electrons. The zero-order valence-corrected chi connectivity index (χ0v) is 6.50. The minimum atomic E-state index is -0.0833. The molecule has 8 heavy (non-hydrogen) atoms. The number of hydrogen-bond donors (Lipinski definition) is 0. The number of hydrogen-bond acceptors (Lipinski definition) is 2. The summed E-state index contributed by atoms with van der Waals surface area (Å²) in [6, 6.07) is 0. The third-order valence-electron chi connectivity index (χ3n) is 0. The first kappa shape index (κ1) is 15.7. The molecule has 0 spiro atoms. The fourth-order valence-electron chi connectivity index (χ4n) is 0. The molecule has 0 aromatic carbocycles. The van der Waals surface area contributed by atoms with Gasteiger partial charge < -0.3 is 16.5 Å². The van der Waals surface area contributed by atoms with Crippen LogP contribution in [0.3, 0.4) is 0 Å². The summed E-state index contributed by atoms with van der Waals surface area (Å²) in [6.07, 6.45) is 1.50. The van der Waals surface area contributed by atoms with E-state index in [9.17, 15) is 4.79 Å². The van der Waals surface area contributed by atoms with Gasteiger partial charge in [-0.05, 0) is 12.7 Å². The zero-order valence-electron chi connectivity index (χ0n) is 4.86. The van der Waals surface area contributed by atoms with Crippen molar-refractivity contribution in [2.75, 3.05) is 0 Å². The van der Waals surface area contributed by atoms with Crippen molar-refractivity contribution in [1.29, 1.82) is 0 Å². The maximum atomic E-state index is 9.33. The van der Waals surface area contributed by atoms with Crippen LogP contribution in [0.2, 0.25) is 0 Å². The van der Waals surface area contributed by atoms with Gasteiger partial charge in [-0.1, -0.05) is 0 Å². The average molecular weight is 203 g/mol. The number of Topliss-reactive ketones (excluding diaryl/α,β-unsaturated/α-hetero) is 1. The van der Waals surface area contributed by atoms with Crippen LogP contribution in [0.1, 0.15) is 13.8 Å². The van der Waals surface area contributed by atoms with Gasteiger partial charge in [0, 0.05) is 0 Å². The topological polar surface area (TPSA) is 34.1 Å². The van der Waals surface area contributed by atoms with Crippen molar-refractivity contribution in [2.24, 2.45) is 0 Å². The van der Waals surface area contributed by atoms with E-state index in [0.29, 0.717) is 0 Å². The van der Waals surface area contributed by atoms with Crippen LogP contribution in [0.25, 0.3) is 0 Å². The zero-order chi connectivity index (χ0) is 6.28. The van der Waals surface area contributed by atoms with Gasteiger partial charge in [-0.2, -0.15) is 6.92 Å². The Bertz CT molecular complexity index is 57.4. The van der Waals surface area contributed by atoms with Crippen LogP contribution in [0.15, 0.2) is 0 Å². The first-order chi connectivity index (χ1) is 3.15. The van der Waals surface area contributed by atoms with E-state index < -0.39 is 0 Å². The summed E-state index contributed by atoms with van der Waals surface area (Å²) >= 11 is 0. The Labute approximate surface area is 62.4 Å². The summed E-state index contributed by atoms with van der Waals surface area (Å²) in [5.74, 6) is -0.0833. The van der Waals surface area contributed by atoms with Crippen molar-refractivity contribution in [1.82, 2.24) is 0 Å². The molecule has 0 aromatic rings. The number of ketones is 1. The quantitative estimate of drug-likeness (QED) is 0.425. The molecule has 0 saturated heterocycles. The molecule has 1 radical (unpaired) electrons. The maximum Gasteiger partial charge on any atom is 2.00 e. The van der Waals surface area contributed by atoms with Gasteiger partial charge in [0.15, 0.2) is 0 Å². The van der Waals surface area contributed by atoms with E-state index in [-0.39, 0.29) is 25.3 Å². The average Bonchev–Trinajstić information content (AvgIpc) is 1.33. The summed E-state index contributed by atoms with van der Waals surface area (Å²) in [6.45, 7) is 5.74. The molecule has 0 aliphatic carbocycles. The molecule has 0 atom stereocenters. The van der Waals surface area contributed by atoms with Crippen molar-refractivity contribution >= 4 is 12.1 Å². The van der Waals surface area contributed by atoms with Gasteiger partial charge in [0.2, 0.25) is 0 Å². The molecule has 0 unspecified atom stereocenters. The summed E-state index contributed by atoms with van der Waals surface area (Å²) in [5.41, 5.74) is 0. The van der Waals surface area contributed by atoms with Gasteiger partial charge in [0.05, 0.1) is 0 Å². The summed E-state index contributed by atoms with van der Waals surface area (Å²) in [7, 11) is 0. The van der Waals surface area contributed by atoms with Gasteiger partial charge in [-0.25, -0.2) is 0 Å². The molecule has 0 bridgehead atoms. The summed E-state index contributed by atoms with van der Waals surface area (Å²) in [4.78, 5) is 18.0. The van der Waals surface area contributed by atoms with Crippen LogP contribution in [0.5, 0.6) is 0 Å². The van der Waals surface area contributed by atoms with Gasteiger partial charge >= 0.3 is 19.5 Å². The number of carbonyl (C=O) groups excluding carboxylic acids is 2. The van der Waals surface area contributed by atoms with Crippen molar-refractivity contribution in [3.63, 3.8) is 0 Å². The third kappa shape index (κ3) is 4910. The molecule has 0 N–H and O–H groups in total. The van der Waals surface area contributed by atoms with Crippen molar-refractivity contribution in [3.05, 3.63) is 6.92 Å². The second-order valence-corrected chi connectivity index (χ2v) is 0.906. The van der Waals surface area contributed by atoms with Crippen LogP contribution in [-0.2, 0) is 29.1 Å². The summed E-state index contributed by atoms with van der Waals surface area (Å²) < 4.78 is 0. The van der Waals surface area contributed by atoms with Gasteiger partial charge in [0.1, 0.15) is 0 Å². The van der Waals surface area contributed by atoms with E-state index in [2.05, 4.69) is 6.92 Å². The second kappa shape index (κ2) is 15.8. The monoisotopic (exact) mass is 203 g/mol. The van der Waals surface area contributed by atoms with Gasteiger partial charge in [-0.3, -0.25) is 6.29 Å². The molecule has 0 fully saturated rings. The molecule has 0 aliphatic heterocycles. The van der Waals surface area contributed by atoms with Crippen LogP contribution in [0, 0.1) is 6.92 Å². The number of rotatable bonds is 0. The van der Waals surface area contributed by atoms with E-state index in [1.165, 1.54) is 20.1 Å². The largest absolute Gasteiger partial charge is 2.00 e. The summed E-state index contributed by atoms with van der Waals surface area (Å²) in [5, 5.41) is 0. The van der Waals surface area contributed by atoms with E-state index in [4.69, 9.17) is 4.79 Å². The Morgan fingerprint density at radius 1 is 1.62 bits per heavy atom. The standard InChI is InChI=1S/C3H5O.C2H3O.Rh/c1-3(2)4;1-2-3;/h1H2,2H3;1H3;/q2*-1;+2. The molecule has 3 heteroatoms. The van der Waals surface area contributed by atoms with Crippen LogP contribution in [0.4, 0.5) is 0 Å². The normalized spacial score (nSPS) is 4.75. The molecule has 0 rings (SSSR count). The van der Waals surface area contributed by atoms with Gasteiger partial charge in [-0.15, -0.1) is 0 Å². The molecule has 0 saturated carbocycles. The second-order valence-electron chi connectivity index (χ2n) is 0.906. The molecule has 0 heterocycles. The van der Waals surface area contributed by atoms with Gasteiger partial charge in [0.25, 0.3) is 0 Å². The predicted octanol–water partition coefficient (Wildman–Crippen LogP) is 0.523. The maximum absolute atomic E-state index is 9.33. The Balaban J connectivity index is -0.0000000575. The Morgan fingerprint density at radius 3 is 1.62 bits per heavy atom. The fraction of sp³-hybridized carbons (Fsp3) is 0.400. The SMILES string of the molecule is C[C-]=O.[CH2-]C(C)=O.[Rh+2]. The van der Waals surface area contributed by atoms with Crippen LogP contribution >= 0.6 is 0 Å². The van der Waals surface area contributed by atoms with E-state index >= 15 is 0 Å². The van der Waals surface area contributed by atoms with Crippen molar-refractivity contribution in [3.8, 4) is 0 Å². The predicted molar refractivity (Wildman–Crippen MR) is 27.4 cm³/mol. The minimum Gasteiger partial charge on any atom is -0.542 e. The van der Waals surface area contributed by atoms with E-state index in [1.807, 2.05) is 0 Å². The fourth-order valence-corrected chi connectivity index (χ4v) is 0. The Kier molecular flexibility index (Phi) is 31.0. The van der Waals surface area contributed by atoms with Crippen molar-refractivity contribution in [2.45, 2.75) is 13.8 Å². The molecule has 0 aromatic heterocycles. The van der Waals surface area contributed by atoms with E-state index in [0.717, 1.165) is 0 Å². The molecule has 0 aliphatic rings. The molecular formula is C5H8O2Rh. The number of carbonyl (C=O) groups is 1. The van der Waals surface area contributed by atoms with Crippen molar-refractivity contribution < 1.29 is 29.1 Å². The molecular weight excluding hydrogens is 195 g/mol. The molecule has 0 amide bonds. The minimum absolute atomic E-state index is 0.